The summed E-state index contributed by atoms with van der Waals surface area (Å²) in [6, 6.07) is 0. The Hall–Kier alpha value is -0.940. The maximum absolute atomic E-state index is 11.0. The summed E-state index contributed by atoms with van der Waals surface area (Å²) in [5.41, 5.74) is 0. The number of rotatable bonds is 3. The number of amides is 1. The lowest BCUT2D eigenvalue weighted by molar-refractivity contribution is -0.117. The zero-order valence-corrected chi connectivity index (χ0v) is 7.47. The largest absolute Gasteiger partial charge is 0.393 e. The summed E-state index contributed by atoms with van der Waals surface area (Å²) in [5.74, 6) is -0.208. The number of carbonyl (C=O) groups is 1. The van der Waals surface area contributed by atoms with Gasteiger partial charge in [-0.25, -0.2) is 4.98 Å². The Labute approximate surface area is 74.3 Å². The van der Waals surface area contributed by atoms with E-state index in [9.17, 15) is 4.79 Å². The molecule has 5 heteroatoms. The first-order chi connectivity index (χ1) is 5.68. The van der Waals surface area contributed by atoms with Crippen molar-refractivity contribution >= 4 is 22.4 Å². The van der Waals surface area contributed by atoms with Crippen LogP contribution in [0.4, 0.5) is 5.13 Å². The molecule has 0 aliphatic rings. The smallest absolute Gasteiger partial charge is 0.228 e. The molecule has 1 aromatic heterocycles. The number of aromatic nitrogens is 1. The molecule has 1 amide bonds. The zero-order valence-electron chi connectivity index (χ0n) is 6.65. The summed E-state index contributed by atoms with van der Waals surface area (Å²) in [5, 5.41) is 13.8. The highest BCUT2D eigenvalue weighted by Gasteiger charge is 2.06. The van der Waals surface area contributed by atoms with E-state index in [1.807, 2.05) is 0 Å². The van der Waals surface area contributed by atoms with E-state index in [4.69, 9.17) is 5.11 Å². The highest BCUT2D eigenvalue weighted by atomic mass is 32.1. The molecular formula is C7H10N2O2S. The minimum absolute atomic E-state index is 0.111. The fourth-order valence-electron chi connectivity index (χ4n) is 0.724. The molecular weight excluding hydrogens is 176 g/mol. The van der Waals surface area contributed by atoms with E-state index < -0.39 is 6.10 Å². The van der Waals surface area contributed by atoms with Crippen molar-refractivity contribution in [3.8, 4) is 0 Å². The first-order valence-corrected chi connectivity index (χ1v) is 4.44. The molecule has 1 rings (SSSR count). The fraction of sp³-hybridized carbons (Fsp3) is 0.429. The quantitative estimate of drug-likeness (QED) is 0.735. The number of carbonyl (C=O) groups excluding carboxylic acids is 1. The van der Waals surface area contributed by atoms with Gasteiger partial charge in [0.05, 0.1) is 12.5 Å². The third-order valence-corrected chi connectivity index (χ3v) is 1.85. The fourth-order valence-corrected chi connectivity index (χ4v) is 1.27. The molecule has 0 fully saturated rings. The van der Waals surface area contributed by atoms with E-state index >= 15 is 0 Å². The maximum atomic E-state index is 11.0. The van der Waals surface area contributed by atoms with Gasteiger partial charge < -0.3 is 10.4 Å². The average Bonchev–Trinajstić information content (AvgIpc) is 2.37. The third kappa shape index (κ3) is 2.98. The molecule has 0 spiro atoms. The van der Waals surface area contributed by atoms with Crippen molar-refractivity contribution in [1.29, 1.82) is 0 Å². The van der Waals surface area contributed by atoms with Crippen LogP contribution in [0, 0.1) is 0 Å². The van der Waals surface area contributed by atoms with Gasteiger partial charge in [0.1, 0.15) is 0 Å². The summed E-state index contributed by atoms with van der Waals surface area (Å²) in [4.78, 5) is 14.9. The molecule has 0 saturated carbocycles. The van der Waals surface area contributed by atoms with Gasteiger partial charge in [0.2, 0.25) is 5.91 Å². The van der Waals surface area contributed by atoms with Crippen LogP contribution in [-0.4, -0.2) is 22.1 Å². The molecule has 66 valence electrons. The molecule has 0 saturated heterocycles. The number of aliphatic hydroxyl groups excluding tert-OH is 1. The monoisotopic (exact) mass is 186 g/mol. The van der Waals surface area contributed by atoms with E-state index in [2.05, 4.69) is 10.3 Å². The average molecular weight is 186 g/mol. The molecule has 0 bridgehead atoms. The number of hydrogen-bond acceptors (Lipinski definition) is 4. The van der Waals surface area contributed by atoms with Gasteiger partial charge in [-0.2, -0.15) is 0 Å². The van der Waals surface area contributed by atoms with E-state index in [1.54, 1.807) is 18.5 Å². The second-order valence-electron chi connectivity index (χ2n) is 2.44. The van der Waals surface area contributed by atoms with Crippen LogP contribution in [0.15, 0.2) is 11.6 Å². The van der Waals surface area contributed by atoms with Crippen molar-refractivity contribution in [2.24, 2.45) is 0 Å². The first-order valence-electron chi connectivity index (χ1n) is 3.56. The predicted molar refractivity (Wildman–Crippen MR) is 47.0 cm³/mol. The Bertz CT molecular complexity index is 246. The number of nitrogens with one attached hydrogen (secondary N) is 1. The molecule has 1 aromatic rings. The molecule has 0 radical (unpaired) electrons. The number of thiazole rings is 1. The molecule has 1 atom stereocenters. The maximum Gasteiger partial charge on any atom is 0.228 e. The van der Waals surface area contributed by atoms with E-state index in [0.29, 0.717) is 5.13 Å². The van der Waals surface area contributed by atoms with Crippen LogP contribution >= 0.6 is 11.3 Å². The lowest BCUT2D eigenvalue weighted by atomic mass is 10.3. The van der Waals surface area contributed by atoms with Crippen LogP contribution < -0.4 is 5.32 Å². The lowest BCUT2D eigenvalue weighted by Gasteiger charge is -2.02. The standard InChI is InChI=1S/C7H10N2O2S/c1-5(10)4-6(11)9-7-8-2-3-12-7/h2-3,5,10H,4H2,1H3,(H,8,9,11). The number of nitrogens with zero attached hydrogens (tertiary/aromatic N) is 1. The SMILES string of the molecule is CC(O)CC(=O)Nc1nccs1. The van der Waals surface area contributed by atoms with Crippen LogP contribution in [0.1, 0.15) is 13.3 Å². The second kappa shape index (κ2) is 4.18. The highest BCUT2D eigenvalue weighted by molar-refractivity contribution is 7.13. The number of anilines is 1. The van der Waals surface area contributed by atoms with Gasteiger partial charge in [0, 0.05) is 11.6 Å². The predicted octanol–water partition coefficient (Wildman–Crippen LogP) is 0.853. The van der Waals surface area contributed by atoms with Gasteiger partial charge >= 0.3 is 0 Å². The molecule has 1 heterocycles. The molecule has 4 nitrogen and oxygen atoms in total. The summed E-state index contributed by atoms with van der Waals surface area (Å²) < 4.78 is 0. The number of hydrogen-bond donors (Lipinski definition) is 2. The molecule has 0 aliphatic carbocycles. The normalized spacial score (nSPS) is 12.5. The van der Waals surface area contributed by atoms with Gasteiger partial charge in [-0.15, -0.1) is 11.3 Å². The zero-order chi connectivity index (χ0) is 8.97. The minimum atomic E-state index is -0.607. The molecule has 12 heavy (non-hydrogen) atoms. The van der Waals surface area contributed by atoms with Crippen molar-refractivity contribution in [3.05, 3.63) is 11.6 Å². The molecule has 2 N–H and O–H groups in total. The summed E-state index contributed by atoms with van der Waals surface area (Å²) in [7, 11) is 0. The van der Waals surface area contributed by atoms with Gasteiger partial charge in [-0.3, -0.25) is 4.79 Å². The van der Waals surface area contributed by atoms with Crippen molar-refractivity contribution in [3.63, 3.8) is 0 Å². The Morgan fingerprint density at radius 1 is 1.92 bits per heavy atom. The van der Waals surface area contributed by atoms with Crippen LogP contribution in [0.3, 0.4) is 0 Å². The third-order valence-electron chi connectivity index (χ3n) is 1.16. The van der Waals surface area contributed by atoms with Gasteiger partial charge in [0.15, 0.2) is 5.13 Å². The van der Waals surface area contributed by atoms with Crippen LogP contribution in [0.2, 0.25) is 0 Å². The topological polar surface area (TPSA) is 62.2 Å². The van der Waals surface area contributed by atoms with Crippen LogP contribution in [0.25, 0.3) is 0 Å². The van der Waals surface area contributed by atoms with Crippen molar-refractivity contribution in [1.82, 2.24) is 4.98 Å². The van der Waals surface area contributed by atoms with Crippen molar-refractivity contribution in [2.45, 2.75) is 19.4 Å². The van der Waals surface area contributed by atoms with E-state index in [0.717, 1.165) is 0 Å². The summed E-state index contributed by atoms with van der Waals surface area (Å²) >= 11 is 1.35. The Balaban J connectivity index is 2.37. The first kappa shape index (κ1) is 9.15. The van der Waals surface area contributed by atoms with Crippen molar-refractivity contribution < 1.29 is 9.90 Å². The summed E-state index contributed by atoms with van der Waals surface area (Å²) in [6.07, 6.45) is 1.12. The molecule has 1 unspecified atom stereocenters. The lowest BCUT2D eigenvalue weighted by Crippen LogP contribution is -2.17. The van der Waals surface area contributed by atoms with Gasteiger partial charge in [-0.05, 0) is 6.92 Å². The van der Waals surface area contributed by atoms with Crippen LogP contribution in [-0.2, 0) is 4.79 Å². The highest BCUT2D eigenvalue weighted by Crippen LogP contribution is 2.10. The van der Waals surface area contributed by atoms with E-state index in [-0.39, 0.29) is 12.3 Å². The molecule has 0 aromatic carbocycles. The Kier molecular flexibility index (Phi) is 3.19. The second-order valence-corrected chi connectivity index (χ2v) is 3.33. The Morgan fingerprint density at radius 3 is 3.17 bits per heavy atom. The van der Waals surface area contributed by atoms with Crippen LogP contribution in [0.5, 0.6) is 0 Å². The van der Waals surface area contributed by atoms with Gasteiger partial charge in [-0.1, -0.05) is 0 Å². The number of aliphatic hydroxyl groups is 1. The van der Waals surface area contributed by atoms with Gasteiger partial charge in [0.25, 0.3) is 0 Å². The van der Waals surface area contributed by atoms with E-state index in [1.165, 1.54) is 11.3 Å². The minimum Gasteiger partial charge on any atom is -0.393 e. The summed E-state index contributed by atoms with van der Waals surface area (Å²) in [6.45, 7) is 1.57. The molecule has 0 aliphatic heterocycles. The Morgan fingerprint density at radius 2 is 2.67 bits per heavy atom. The van der Waals surface area contributed by atoms with Crippen molar-refractivity contribution in [2.75, 3.05) is 5.32 Å².